The highest BCUT2D eigenvalue weighted by Crippen LogP contribution is 1.89. The van der Waals surface area contributed by atoms with Gasteiger partial charge in [-0.15, -0.1) is 0 Å². The number of amides is 1. The summed E-state index contributed by atoms with van der Waals surface area (Å²) in [6.07, 6.45) is 1.24. The maximum absolute atomic E-state index is 10.9. The summed E-state index contributed by atoms with van der Waals surface area (Å²) in [5, 5.41) is 0. The molecular weight excluding hydrogens is 178 g/mol. The highest BCUT2D eigenvalue weighted by Gasteiger charge is 2.08. The second-order valence-electron chi connectivity index (χ2n) is 2.59. The normalized spacial score (nSPS) is 10.6. The number of nitrogens with one attached hydrogen (secondary N) is 1. The quantitative estimate of drug-likeness (QED) is 0.657. The predicted molar refractivity (Wildman–Crippen MR) is 47.0 cm³/mol. The number of carbonyl (C=O) groups excluding carboxylic acids is 1. The minimum atomic E-state index is -3.41. The molecule has 0 aromatic heterocycles. The summed E-state index contributed by atoms with van der Waals surface area (Å²) in [4.78, 5) is 10.9. The van der Waals surface area contributed by atoms with Gasteiger partial charge < -0.3 is 0 Å². The Balaban J connectivity index is 4.31. The molecule has 0 rings (SSSR count). The first kappa shape index (κ1) is 11.2. The molecule has 0 saturated heterocycles. The molecule has 0 fully saturated rings. The van der Waals surface area contributed by atoms with Crippen molar-refractivity contribution in [2.24, 2.45) is 0 Å². The van der Waals surface area contributed by atoms with Gasteiger partial charge in [0.15, 0.2) is 0 Å². The third kappa shape index (κ3) is 4.90. The number of hydrogen-bond acceptors (Lipinski definition) is 3. The lowest BCUT2D eigenvalue weighted by Crippen LogP contribution is -2.30. The molecule has 12 heavy (non-hydrogen) atoms. The average molecular weight is 191 g/mol. The van der Waals surface area contributed by atoms with Gasteiger partial charge >= 0.3 is 0 Å². The summed E-state index contributed by atoms with van der Waals surface area (Å²) in [7, 11) is -3.41. The number of rotatable bonds is 3. The van der Waals surface area contributed by atoms with Gasteiger partial charge in [-0.2, -0.15) is 0 Å². The van der Waals surface area contributed by atoms with Gasteiger partial charge in [-0.1, -0.05) is 5.57 Å². The van der Waals surface area contributed by atoms with E-state index >= 15 is 0 Å². The molecular formula is C7H13NO3S. The van der Waals surface area contributed by atoms with E-state index in [9.17, 15) is 13.2 Å². The predicted octanol–water partition coefficient (Wildman–Crippen LogP) is 0.418. The molecule has 0 aliphatic rings. The lowest BCUT2D eigenvalue weighted by atomic mass is 10.3. The van der Waals surface area contributed by atoms with Gasteiger partial charge in [0.2, 0.25) is 10.0 Å². The fourth-order valence-electron chi connectivity index (χ4n) is 0.517. The lowest BCUT2D eigenvalue weighted by Gasteiger charge is -2.00. The maximum Gasteiger partial charge on any atom is 0.257 e. The van der Waals surface area contributed by atoms with Gasteiger partial charge in [-0.25, -0.2) is 13.1 Å². The van der Waals surface area contributed by atoms with Crippen LogP contribution < -0.4 is 4.72 Å². The van der Waals surface area contributed by atoms with Gasteiger partial charge in [-0.05, 0) is 20.8 Å². The summed E-state index contributed by atoms with van der Waals surface area (Å²) in [5.41, 5.74) is 0.763. The van der Waals surface area contributed by atoms with E-state index in [1.54, 1.807) is 13.8 Å². The van der Waals surface area contributed by atoms with Crippen molar-refractivity contribution in [2.45, 2.75) is 20.8 Å². The van der Waals surface area contributed by atoms with Gasteiger partial charge in [0.05, 0.1) is 5.75 Å². The molecule has 0 atom stereocenters. The zero-order valence-electron chi connectivity index (χ0n) is 7.42. The van der Waals surface area contributed by atoms with Crippen LogP contribution in [-0.4, -0.2) is 20.1 Å². The molecule has 1 amide bonds. The van der Waals surface area contributed by atoms with Gasteiger partial charge in [0, 0.05) is 6.08 Å². The molecule has 0 saturated carbocycles. The first-order chi connectivity index (χ1) is 5.37. The van der Waals surface area contributed by atoms with Crippen molar-refractivity contribution >= 4 is 15.9 Å². The Morgan fingerprint density at radius 3 is 2.25 bits per heavy atom. The minimum Gasteiger partial charge on any atom is -0.269 e. The Kier molecular flexibility index (Phi) is 3.95. The van der Waals surface area contributed by atoms with Crippen LogP contribution in [0.2, 0.25) is 0 Å². The third-order valence-electron chi connectivity index (χ3n) is 1.06. The molecule has 0 bridgehead atoms. The lowest BCUT2D eigenvalue weighted by molar-refractivity contribution is -0.114. The Bertz CT molecular complexity index is 286. The van der Waals surface area contributed by atoms with Crippen LogP contribution in [-0.2, 0) is 14.8 Å². The summed E-state index contributed by atoms with van der Waals surface area (Å²) in [5.74, 6) is -0.674. The van der Waals surface area contributed by atoms with E-state index in [0.29, 0.717) is 0 Å². The first-order valence-corrected chi connectivity index (χ1v) is 5.22. The Labute approximate surface area is 72.7 Å². The third-order valence-corrected chi connectivity index (χ3v) is 2.33. The summed E-state index contributed by atoms with van der Waals surface area (Å²) in [6, 6.07) is 0. The zero-order chi connectivity index (χ0) is 9.78. The smallest absolute Gasteiger partial charge is 0.257 e. The SMILES string of the molecule is CCS(=O)(=O)NC(=O)C=C(C)C. The fraction of sp³-hybridized carbons (Fsp3) is 0.571. The van der Waals surface area contributed by atoms with E-state index in [1.165, 1.54) is 13.0 Å². The molecule has 70 valence electrons. The van der Waals surface area contributed by atoms with Gasteiger partial charge in [0.1, 0.15) is 0 Å². The molecule has 0 aromatic carbocycles. The van der Waals surface area contributed by atoms with Crippen LogP contribution in [0.15, 0.2) is 11.6 Å². The number of hydrogen-bond donors (Lipinski definition) is 1. The van der Waals surface area contributed by atoms with Crippen molar-refractivity contribution in [2.75, 3.05) is 5.75 Å². The van der Waals surface area contributed by atoms with E-state index in [1.807, 2.05) is 4.72 Å². The Morgan fingerprint density at radius 2 is 1.92 bits per heavy atom. The van der Waals surface area contributed by atoms with E-state index in [0.717, 1.165) is 5.57 Å². The Morgan fingerprint density at radius 1 is 1.42 bits per heavy atom. The van der Waals surface area contributed by atoms with Crippen molar-refractivity contribution in [3.63, 3.8) is 0 Å². The number of sulfonamides is 1. The van der Waals surface area contributed by atoms with Crippen LogP contribution in [0.5, 0.6) is 0 Å². The minimum absolute atomic E-state index is 0.0880. The number of allylic oxidation sites excluding steroid dienone is 1. The van der Waals surface area contributed by atoms with Crippen LogP contribution in [0, 0.1) is 0 Å². The van der Waals surface area contributed by atoms with Crippen molar-refractivity contribution in [3.05, 3.63) is 11.6 Å². The maximum atomic E-state index is 10.9. The monoisotopic (exact) mass is 191 g/mol. The highest BCUT2D eigenvalue weighted by molar-refractivity contribution is 7.90. The average Bonchev–Trinajstić information content (AvgIpc) is 1.84. The first-order valence-electron chi connectivity index (χ1n) is 3.56. The van der Waals surface area contributed by atoms with E-state index in [2.05, 4.69) is 0 Å². The van der Waals surface area contributed by atoms with Gasteiger partial charge in [0.25, 0.3) is 5.91 Å². The second-order valence-corrected chi connectivity index (χ2v) is 4.60. The fourth-order valence-corrected chi connectivity index (χ4v) is 1.03. The summed E-state index contributed by atoms with van der Waals surface area (Å²) in [6.45, 7) is 4.91. The summed E-state index contributed by atoms with van der Waals surface area (Å²) < 4.78 is 23.6. The Hall–Kier alpha value is -0.840. The largest absolute Gasteiger partial charge is 0.269 e. The van der Waals surface area contributed by atoms with Crippen molar-refractivity contribution < 1.29 is 13.2 Å². The molecule has 0 aliphatic heterocycles. The molecule has 0 unspecified atom stereocenters. The molecule has 5 heteroatoms. The highest BCUT2D eigenvalue weighted by atomic mass is 32.2. The number of carbonyl (C=O) groups is 1. The van der Waals surface area contributed by atoms with Crippen LogP contribution in [0.4, 0.5) is 0 Å². The van der Waals surface area contributed by atoms with Crippen molar-refractivity contribution in [3.8, 4) is 0 Å². The van der Waals surface area contributed by atoms with E-state index in [4.69, 9.17) is 0 Å². The molecule has 0 heterocycles. The molecule has 0 spiro atoms. The standard InChI is InChI=1S/C7H13NO3S/c1-4-12(10,11)8-7(9)5-6(2)3/h5H,4H2,1-3H3,(H,8,9). The topological polar surface area (TPSA) is 63.2 Å². The molecule has 4 nitrogen and oxygen atoms in total. The zero-order valence-corrected chi connectivity index (χ0v) is 8.23. The van der Waals surface area contributed by atoms with Crippen LogP contribution in [0.25, 0.3) is 0 Å². The molecule has 0 radical (unpaired) electrons. The molecule has 1 N–H and O–H groups in total. The molecule has 0 aromatic rings. The van der Waals surface area contributed by atoms with Crippen LogP contribution in [0.3, 0.4) is 0 Å². The van der Waals surface area contributed by atoms with E-state index in [-0.39, 0.29) is 5.75 Å². The molecule has 0 aliphatic carbocycles. The second kappa shape index (κ2) is 4.25. The van der Waals surface area contributed by atoms with Crippen molar-refractivity contribution in [1.29, 1.82) is 0 Å². The van der Waals surface area contributed by atoms with E-state index < -0.39 is 15.9 Å². The van der Waals surface area contributed by atoms with Crippen molar-refractivity contribution in [1.82, 2.24) is 4.72 Å². The van der Waals surface area contributed by atoms with Gasteiger partial charge in [-0.3, -0.25) is 4.79 Å². The van der Waals surface area contributed by atoms with Crippen LogP contribution >= 0.6 is 0 Å². The summed E-state index contributed by atoms with van der Waals surface area (Å²) >= 11 is 0. The van der Waals surface area contributed by atoms with Crippen LogP contribution in [0.1, 0.15) is 20.8 Å².